The van der Waals surface area contributed by atoms with Gasteiger partial charge >= 0.3 is 0 Å². The second kappa shape index (κ2) is 7.85. The van der Waals surface area contributed by atoms with E-state index in [1.54, 1.807) is 30.3 Å². The molecule has 1 amide bonds. The summed E-state index contributed by atoms with van der Waals surface area (Å²) in [6, 6.07) is 8.62. The molecular weight excluding hydrogens is 338 g/mol. The van der Waals surface area contributed by atoms with Gasteiger partial charge in [-0.25, -0.2) is 8.42 Å². The van der Waals surface area contributed by atoms with Crippen LogP contribution < -0.4 is 5.73 Å². The monoisotopic (exact) mass is 365 g/mol. The van der Waals surface area contributed by atoms with Gasteiger partial charge in [0.05, 0.1) is 4.90 Å². The minimum Gasteiger partial charge on any atom is -0.341 e. The van der Waals surface area contributed by atoms with Crippen molar-refractivity contribution in [1.82, 2.24) is 9.21 Å². The van der Waals surface area contributed by atoms with Gasteiger partial charge in [-0.05, 0) is 37.3 Å². The second-order valence-electron chi connectivity index (χ2n) is 7.01. The van der Waals surface area contributed by atoms with Gasteiger partial charge in [0.15, 0.2) is 0 Å². The Hall–Kier alpha value is -1.44. The zero-order valence-corrected chi connectivity index (χ0v) is 15.3. The smallest absolute Gasteiger partial charge is 0.243 e. The maximum atomic E-state index is 12.7. The molecule has 138 valence electrons. The van der Waals surface area contributed by atoms with Gasteiger partial charge in [0.2, 0.25) is 15.9 Å². The highest BCUT2D eigenvalue weighted by Gasteiger charge is 2.31. The molecule has 7 heteroatoms. The Labute approximate surface area is 150 Å². The van der Waals surface area contributed by atoms with E-state index in [-0.39, 0.29) is 17.9 Å². The standard InChI is InChI=1S/C18H27N3O3S/c19-17-9-4-6-15(17)14-18(22)20-10-5-11-21(13-12-20)25(23,24)16-7-2-1-3-8-16/h1-3,7-8,15,17H,4-6,9-14,19H2/t15-,17+/m0/s1. The lowest BCUT2D eigenvalue weighted by molar-refractivity contribution is -0.132. The zero-order valence-electron chi connectivity index (χ0n) is 14.5. The van der Waals surface area contributed by atoms with Gasteiger partial charge in [-0.2, -0.15) is 4.31 Å². The SMILES string of the molecule is N[C@@H]1CCC[C@H]1CC(=O)N1CCCN(S(=O)(=O)c2ccccc2)CC1. The Bertz CT molecular complexity index is 693. The van der Waals surface area contributed by atoms with Gasteiger partial charge in [0.1, 0.15) is 0 Å². The third-order valence-corrected chi connectivity index (χ3v) is 7.26. The molecule has 0 bridgehead atoms. The average Bonchev–Trinajstić information content (AvgIpc) is 2.87. The van der Waals surface area contributed by atoms with Crippen LogP contribution in [-0.4, -0.2) is 55.8 Å². The quantitative estimate of drug-likeness (QED) is 0.875. The Morgan fingerprint density at radius 2 is 1.80 bits per heavy atom. The first kappa shape index (κ1) is 18.4. The molecule has 1 aliphatic heterocycles. The van der Waals surface area contributed by atoms with Crippen molar-refractivity contribution in [3.05, 3.63) is 30.3 Å². The van der Waals surface area contributed by atoms with Crippen molar-refractivity contribution in [1.29, 1.82) is 0 Å². The molecule has 1 aromatic carbocycles. The summed E-state index contributed by atoms with van der Waals surface area (Å²) >= 11 is 0. The molecule has 1 aromatic rings. The number of benzene rings is 1. The minimum atomic E-state index is -3.49. The molecular formula is C18H27N3O3S. The predicted octanol–water partition coefficient (Wildman–Crippen LogP) is 1.43. The van der Waals surface area contributed by atoms with Crippen molar-refractivity contribution < 1.29 is 13.2 Å². The summed E-state index contributed by atoms with van der Waals surface area (Å²) in [5.74, 6) is 0.390. The molecule has 0 radical (unpaired) electrons. The second-order valence-corrected chi connectivity index (χ2v) is 8.95. The normalized spacial score (nSPS) is 25.7. The van der Waals surface area contributed by atoms with Crippen molar-refractivity contribution in [3.63, 3.8) is 0 Å². The lowest BCUT2D eigenvalue weighted by Crippen LogP contribution is -2.39. The number of carbonyl (C=O) groups excluding carboxylic acids is 1. The molecule has 1 saturated carbocycles. The topological polar surface area (TPSA) is 83.7 Å². The Balaban J connectivity index is 1.61. The Morgan fingerprint density at radius 1 is 1.04 bits per heavy atom. The van der Waals surface area contributed by atoms with Gasteiger partial charge in [0, 0.05) is 38.6 Å². The van der Waals surface area contributed by atoms with Crippen LogP contribution in [0.1, 0.15) is 32.1 Å². The highest BCUT2D eigenvalue weighted by Crippen LogP contribution is 2.27. The first-order valence-corrected chi connectivity index (χ1v) is 10.5. The van der Waals surface area contributed by atoms with E-state index in [9.17, 15) is 13.2 Å². The van der Waals surface area contributed by atoms with Crippen molar-refractivity contribution in [2.75, 3.05) is 26.2 Å². The molecule has 0 aromatic heterocycles. The van der Waals surface area contributed by atoms with E-state index in [0.29, 0.717) is 43.9 Å². The molecule has 6 nitrogen and oxygen atoms in total. The van der Waals surface area contributed by atoms with Gasteiger partial charge in [-0.1, -0.05) is 24.6 Å². The molecule has 2 aliphatic rings. The minimum absolute atomic E-state index is 0.112. The maximum absolute atomic E-state index is 12.7. The molecule has 2 fully saturated rings. The van der Waals surface area contributed by atoms with Gasteiger partial charge in [0.25, 0.3) is 0 Å². The fourth-order valence-corrected chi connectivity index (χ4v) is 5.29. The maximum Gasteiger partial charge on any atom is 0.243 e. The van der Waals surface area contributed by atoms with Crippen molar-refractivity contribution in [2.24, 2.45) is 11.7 Å². The number of nitrogens with zero attached hydrogens (tertiary/aromatic N) is 2. The molecule has 3 rings (SSSR count). The third kappa shape index (κ3) is 4.22. The van der Waals surface area contributed by atoms with Crippen LogP contribution in [0.15, 0.2) is 35.2 Å². The van der Waals surface area contributed by atoms with E-state index in [1.807, 2.05) is 4.90 Å². The molecule has 0 unspecified atom stereocenters. The molecule has 25 heavy (non-hydrogen) atoms. The summed E-state index contributed by atoms with van der Waals surface area (Å²) < 4.78 is 27.0. The molecule has 0 spiro atoms. The first-order chi connectivity index (χ1) is 12.0. The summed E-state index contributed by atoms with van der Waals surface area (Å²) in [5, 5.41) is 0. The first-order valence-electron chi connectivity index (χ1n) is 9.07. The Kier molecular flexibility index (Phi) is 5.76. The van der Waals surface area contributed by atoms with Crippen molar-refractivity contribution in [2.45, 2.75) is 43.0 Å². The highest BCUT2D eigenvalue weighted by molar-refractivity contribution is 7.89. The van der Waals surface area contributed by atoms with Crippen LogP contribution in [0.3, 0.4) is 0 Å². The number of sulfonamides is 1. The summed E-state index contributed by atoms with van der Waals surface area (Å²) in [6.07, 6.45) is 4.28. The zero-order chi connectivity index (χ0) is 17.9. The summed E-state index contributed by atoms with van der Waals surface area (Å²) in [6.45, 7) is 1.86. The summed E-state index contributed by atoms with van der Waals surface area (Å²) in [4.78, 5) is 14.7. The number of carbonyl (C=O) groups is 1. The van der Waals surface area contributed by atoms with E-state index in [0.717, 1.165) is 19.3 Å². The molecule has 2 N–H and O–H groups in total. The van der Waals surface area contributed by atoms with Gasteiger partial charge in [-0.3, -0.25) is 4.79 Å². The number of rotatable bonds is 4. The van der Waals surface area contributed by atoms with Crippen LogP contribution in [0.25, 0.3) is 0 Å². The molecule has 1 aliphatic carbocycles. The van der Waals surface area contributed by atoms with Crippen molar-refractivity contribution in [3.8, 4) is 0 Å². The van der Waals surface area contributed by atoms with Crippen LogP contribution in [0.5, 0.6) is 0 Å². The van der Waals surface area contributed by atoms with Crippen LogP contribution in [0.4, 0.5) is 0 Å². The fourth-order valence-electron chi connectivity index (χ4n) is 3.80. The highest BCUT2D eigenvalue weighted by atomic mass is 32.2. The molecule has 1 saturated heterocycles. The number of hydrogen-bond donors (Lipinski definition) is 1. The van der Waals surface area contributed by atoms with E-state index in [1.165, 1.54) is 4.31 Å². The van der Waals surface area contributed by atoms with E-state index >= 15 is 0 Å². The third-order valence-electron chi connectivity index (χ3n) is 5.34. The van der Waals surface area contributed by atoms with E-state index < -0.39 is 10.0 Å². The molecule has 2 atom stereocenters. The van der Waals surface area contributed by atoms with E-state index in [2.05, 4.69) is 0 Å². The number of amides is 1. The van der Waals surface area contributed by atoms with Crippen LogP contribution in [-0.2, 0) is 14.8 Å². The van der Waals surface area contributed by atoms with Gasteiger partial charge in [-0.15, -0.1) is 0 Å². The Morgan fingerprint density at radius 3 is 2.48 bits per heavy atom. The summed E-state index contributed by atoms with van der Waals surface area (Å²) in [7, 11) is -3.49. The fraction of sp³-hybridized carbons (Fsp3) is 0.611. The van der Waals surface area contributed by atoms with Gasteiger partial charge < -0.3 is 10.6 Å². The number of hydrogen-bond acceptors (Lipinski definition) is 4. The predicted molar refractivity (Wildman–Crippen MR) is 96.3 cm³/mol. The number of nitrogens with two attached hydrogens (primary N) is 1. The largest absolute Gasteiger partial charge is 0.341 e. The average molecular weight is 365 g/mol. The van der Waals surface area contributed by atoms with Crippen LogP contribution in [0.2, 0.25) is 0 Å². The molecule has 1 heterocycles. The lowest BCUT2D eigenvalue weighted by Gasteiger charge is -2.24. The van der Waals surface area contributed by atoms with Crippen LogP contribution >= 0.6 is 0 Å². The lowest BCUT2D eigenvalue weighted by atomic mass is 9.99. The summed E-state index contributed by atoms with van der Waals surface area (Å²) in [5.41, 5.74) is 6.07. The van der Waals surface area contributed by atoms with Crippen molar-refractivity contribution >= 4 is 15.9 Å². The van der Waals surface area contributed by atoms with Crippen LogP contribution in [0, 0.1) is 5.92 Å². The van der Waals surface area contributed by atoms with E-state index in [4.69, 9.17) is 5.73 Å².